The summed E-state index contributed by atoms with van der Waals surface area (Å²) in [5, 5.41) is 9.70. The van der Waals surface area contributed by atoms with Crippen molar-refractivity contribution in [3.8, 4) is 11.5 Å². The van der Waals surface area contributed by atoms with Crippen molar-refractivity contribution in [1.82, 2.24) is 0 Å². The Kier molecular flexibility index (Phi) is 5.74. The van der Waals surface area contributed by atoms with Crippen LogP contribution in [0.25, 0.3) is 0 Å². The van der Waals surface area contributed by atoms with Crippen LogP contribution in [-0.2, 0) is 12.8 Å². The van der Waals surface area contributed by atoms with Crippen LogP contribution in [0.15, 0.2) is 36.4 Å². The van der Waals surface area contributed by atoms with Gasteiger partial charge in [-0.15, -0.1) is 0 Å². The van der Waals surface area contributed by atoms with Gasteiger partial charge in [-0.3, -0.25) is 9.59 Å². The molecule has 0 aliphatic heterocycles. The van der Waals surface area contributed by atoms with E-state index < -0.39 is 0 Å². The van der Waals surface area contributed by atoms with Crippen LogP contribution in [0.5, 0.6) is 11.5 Å². The Balaban J connectivity index is 2.17. The monoisotopic (exact) mass is 326 g/mol. The molecule has 4 nitrogen and oxygen atoms in total. The second-order valence-electron chi connectivity index (χ2n) is 5.73. The minimum atomic E-state index is -0.158. The molecule has 0 saturated carbocycles. The Morgan fingerprint density at radius 3 is 2.00 bits per heavy atom. The van der Waals surface area contributed by atoms with Crippen LogP contribution in [0.2, 0.25) is 0 Å². The predicted molar refractivity (Wildman–Crippen MR) is 93.1 cm³/mol. The van der Waals surface area contributed by atoms with Gasteiger partial charge in [-0.1, -0.05) is 12.1 Å². The average molecular weight is 326 g/mol. The molecule has 0 bridgehead atoms. The summed E-state index contributed by atoms with van der Waals surface area (Å²) < 4.78 is 5.49. The number of hydrogen-bond donors (Lipinski definition) is 1. The zero-order valence-electron chi connectivity index (χ0n) is 14.3. The Morgan fingerprint density at radius 1 is 0.917 bits per heavy atom. The summed E-state index contributed by atoms with van der Waals surface area (Å²) in [7, 11) is 0. The van der Waals surface area contributed by atoms with E-state index in [0.29, 0.717) is 29.9 Å². The van der Waals surface area contributed by atoms with E-state index in [9.17, 15) is 14.7 Å². The summed E-state index contributed by atoms with van der Waals surface area (Å²) in [6.45, 7) is 5.36. The zero-order valence-corrected chi connectivity index (χ0v) is 14.3. The van der Waals surface area contributed by atoms with Crippen LogP contribution in [0.1, 0.15) is 52.6 Å². The first kappa shape index (κ1) is 17.7. The van der Waals surface area contributed by atoms with Gasteiger partial charge in [-0.25, -0.2) is 0 Å². The summed E-state index contributed by atoms with van der Waals surface area (Å²) in [5.74, 6) is 0.432. The number of rotatable bonds is 7. The molecule has 0 radical (unpaired) electrons. The van der Waals surface area contributed by atoms with Gasteiger partial charge in [0.2, 0.25) is 0 Å². The molecule has 0 atom stereocenters. The Labute approximate surface area is 142 Å². The topological polar surface area (TPSA) is 63.6 Å². The Hall–Kier alpha value is -2.62. The third kappa shape index (κ3) is 4.22. The van der Waals surface area contributed by atoms with Gasteiger partial charge in [-0.2, -0.15) is 0 Å². The molecule has 0 saturated heterocycles. The highest BCUT2D eigenvalue weighted by Crippen LogP contribution is 2.23. The summed E-state index contributed by atoms with van der Waals surface area (Å²) in [4.78, 5) is 23.3. The molecule has 0 fully saturated rings. The number of Topliss-reactive ketones (excluding diaryl/α,β-unsaturated/α-hetero) is 2. The van der Waals surface area contributed by atoms with E-state index in [1.165, 1.54) is 13.8 Å². The van der Waals surface area contributed by atoms with Crippen LogP contribution >= 0.6 is 0 Å². The van der Waals surface area contributed by atoms with Gasteiger partial charge < -0.3 is 9.84 Å². The second kappa shape index (κ2) is 7.77. The molecule has 24 heavy (non-hydrogen) atoms. The first-order chi connectivity index (χ1) is 11.4. The zero-order chi connectivity index (χ0) is 17.7. The molecule has 0 aliphatic rings. The van der Waals surface area contributed by atoms with Gasteiger partial charge in [-0.05, 0) is 69.0 Å². The Morgan fingerprint density at radius 2 is 1.46 bits per heavy atom. The maximum absolute atomic E-state index is 11.8. The SMILES string of the molecule is CCOc1ccc(CCc2ccc(O)c(C(C)=O)c2)cc1C(C)=O. The standard InChI is InChI=1S/C20H22O4/c1-4-24-20-10-8-16(12-18(20)14(3)22)6-5-15-7-9-19(23)17(11-15)13(2)21/h7-12,23H,4-6H2,1-3H3. The van der Waals surface area contributed by atoms with E-state index in [4.69, 9.17) is 4.74 Å². The lowest BCUT2D eigenvalue weighted by atomic mass is 9.98. The van der Waals surface area contributed by atoms with Crippen LogP contribution in [0.4, 0.5) is 0 Å². The van der Waals surface area contributed by atoms with Crippen molar-refractivity contribution in [2.24, 2.45) is 0 Å². The molecule has 0 heterocycles. The smallest absolute Gasteiger partial charge is 0.163 e. The number of phenolic OH excluding ortho intramolecular Hbond substituents is 1. The summed E-state index contributed by atoms with van der Waals surface area (Å²) in [5.41, 5.74) is 2.92. The van der Waals surface area contributed by atoms with Crippen molar-refractivity contribution in [3.63, 3.8) is 0 Å². The maximum atomic E-state index is 11.8. The van der Waals surface area contributed by atoms with E-state index in [-0.39, 0.29) is 17.3 Å². The number of phenols is 1. The largest absolute Gasteiger partial charge is 0.507 e. The molecule has 2 aromatic rings. The quantitative estimate of drug-likeness (QED) is 0.782. The maximum Gasteiger partial charge on any atom is 0.163 e. The number of ketones is 2. The third-order valence-electron chi connectivity index (χ3n) is 3.87. The molecule has 2 aromatic carbocycles. The molecule has 0 amide bonds. The van der Waals surface area contributed by atoms with Crippen LogP contribution < -0.4 is 4.74 Å². The lowest BCUT2D eigenvalue weighted by Crippen LogP contribution is -2.02. The van der Waals surface area contributed by atoms with Gasteiger partial charge in [0, 0.05) is 0 Å². The van der Waals surface area contributed by atoms with Crippen molar-refractivity contribution in [1.29, 1.82) is 0 Å². The minimum Gasteiger partial charge on any atom is -0.507 e. The molecular formula is C20H22O4. The number of benzene rings is 2. The number of carbonyl (C=O) groups is 2. The first-order valence-electron chi connectivity index (χ1n) is 8.01. The fraction of sp³-hybridized carbons (Fsp3) is 0.300. The van der Waals surface area contributed by atoms with Gasteiger partial charge >= 0.3 is 0 Å². The normalized spacial score (nSPS) is 10.5. The number of aryl methyl sites for hydroxylation is 2. The van der Waals surface area contributed by atoms with Gasteiger partial charge in [0.25, 0.3) is 0 Å². The van der Waals surface area contributed by atoms with Gasteiger partial charge in [0.1, 0.15) is 11.5 Å². The van der Waals surface area contributed by atoms with Crippen LogP contribution in [0, 0.1) is 0 Å². The number of ether oxygens (including phenoxy) is 1. The van der Waals surface area contributed by atoms with E-state index in [2.05, 4.69) is 0 Å². The predicted octanol–water partition coefficient (Wildman–Crippen LogP) is 3.98. The Bertz CT molecular complexity index is 762. The molecule has 126 valence electrons. The molecular weight excluding hydrogens is 304 g/mol. The average Bonchev–Trinajstić information content (AvgIpc) is 2.54. The fourth-order valence-electron chi connectivity index (χ4n) is 2.60. The highest BCUT2D eigenvalue weighted by atomic mass is 16.5. The van der Waals surface area contributed by atoms with E-state index in [1.807, 2.05) is 31.2 Å². The molecule has 2 rings (SSSR count). The number of aromatic hydroxyl groups is 1. The number of carbonyl (C=O) groups excluding carboxylic acids is 2. The van der Waals surface area contributed by atoms with E-state index >= 15 is 0 Å². The van der Waals surface area contributed by atoms with Crippen LogP contribution in [-0.4, -0.2) is 23.3 Å². The first-order valence-corrected chi connectivity index (χ1v) is 8.01. The van der Waals surface area contributed by atoms with Crippen molar-refractivity contribution >= 4 is 11.6 Å². The van der Waals surface area contributed by atoms with Gasteiger partial charge in [0.15, 0.2) is 11.6 Å². The summed E-state index contributed by atoms with van der Waals surface area (Å²) in [6.07, 6.45) is 1.45. The van der Waals surface area contributed by atoms with Crippen molar-refractivity contribution < 1.29 is 19.4 Å². The van der Waals surface area contributed by atoms with Crippen molar-refractivity contribution in [3.05, 3.63) is 58.7 Å². The van der Waals surface area contributed by atoms with Crippen molar-refractivity contribution in [2.75, 3.05) is 6.61 Å². The molecule has 0 aromatic heterocycles. The minimum absolute atomic E-state index is 0.00573. The highest BCUT2D eigenvalue weighted by molar-refractivity contribution is 5.97. The summed E-state index contributed by atoms with van der Waals surface area (Å²) >= 11 is 0. The lowest BCUT2D eigenvalue weighted by molar-refractivity contribution is 0.100. The lowest BCUT2D eigenvalue weighted by Gasteiger charge is -2.11. The third-order valence-corrected chi connectivity index (χ3v) is 3.87. The molecule has 4 heteroatoms. The van der Waals surface area contributed by atoms with E-state index in [1.54, 1.807) is 12.1 Å². The second-order valence-corrected chi connectivity index (χ2v) is 5.73. The summed E-state index contributed by atoms with van der Waals surface area (Å²) in [6, 6.07) is 10.7. The number of hydrogen-bond acceptors (Lipinski definition) is 4. The molecule has 0 aliphatic carbocycles. The molecule has 0 spiro atoms. The van der Waals surface area contributed by atoms with Crippen LogP contribution in [0.3, 0.4) is 0 Å². The van der Waals surface area contributed by atoms with E-state index in [0.717, 1.165) is 17.5 Å². The van der Waals surface area contributed by atoms with Gasteiger partial charge in [0.05, 0.1) is 17.7 Å². The highest BCUT2D eigenvalue weighted by Gasteiger charge is 2.11. The molecule has 0 unspecified atom stereocenters. The molecule has 1 N–H and O–H groups in total. The fourth-order valence-corrected chi connectivity index (χ4v) is 2.60. The van der Waals surface area contributed by atoms with Crippen molar-refractivity contribution in [2.45, 2.75) is 33.6 Å².